The number of hydrogen-bond acceptors (Lipinski definition) is 2. The molecule has 0 unspecified atom stereocenters. The molecular formula is C4H3N5O. The predicted molar refractivity (Wildman–Crippen MR) is 32.1 cm³/mol. The second kappa shape index (κ2) is 2.65. The molecule has 0 saturated carbocycles. The van der Waals surface area contributed by atoms with Crippen molar-refractivity contribution in [3.63, 3.8) is 0 Å². The second-order valence-corrected chi connectivity index (χ2v) is 1.48. The minimum atomic E-state index is -0.628. The van der Waals surface area contributed by atoms with E-state index in [4.69, 9.17) is 5.53 Å². The number of hydrogen-bond donors (Lipinski definition) is 1. The maximum Gasteiger partial charge on any atom is 0.252 e. The fourth-order valence-corrected chi connectivity index (χ4v) is 0.466. The molecule has 0 aliphatic heterocycles. The van der Waals surface area contributed by atoms with E-state index in [9.17, 15) is 4.79 Å². The Labute approximate surface area is 55.5 Å². The first-order valence-electron chi connectivity index (χ1n) is 2.43. The molecule has 1 rings (SSSR count). The van der Waals surface area contributed by atoms with Crippen molar-refractivity contribution in [3.05, 3.63) is 28.4 Å². The average Bonchev–Trinajstić information content (AvgIpc) is 2.38. The van der Waals surface area contributed by atoms with Gasteiger partial charge in [-0.25, -0.2) is 0 Å². The molecule has 6 nitrogen and oxygen atoms in total. The Morgan fingerprint density at radius 2 is 2.70 bits per heavy atom. The Hall–Kier alpha value is -1.81. The minimum Gasteiger partial charge on any atom is -0.287 e. The van der Waals surface area contributed by atoms with Crippen LogP contribution in [0.5, 0.6) is 0 Å². The molecule has 1 N–H and O–H groups in total. The van der Waals surface area contributed by atoms with E-state index in [1.807, 2.05) is 0 Å². The van der Waals surface area contributed by atoms with E-state index in [0.717, 1.165) is 0 Å². The molecule has 1 aromatic heterocycles. The molecule has 0 aliphatic rings. The highest BCUT2D eigenvalue weighted by atomic mass is 16.1. The predicted octanol–water partition coefficient (Wildman–Crippen LogP) is 0.860. The largest absolute Gasteiger partial charge is 0.287 e. The Morgan fingerprint density at radius 3 is 3.20 bits per heavy atom. The lowest BCUT2D eigenvalue weighted by Gasteiger charge is -1.79. The summed E-state index contributed by atoms with van der Waals surface area (Å²) in [6.45, 7) is 0. The van der Waals surface area contributed by atoms with Gasteiger partial charge in [0.15, 0.2) is 0 Å². The number of carbonyl (C=O) groups is 1. The van der Waals surface area contributed by atoms with Crippen molar-refractivity contribution in [2.75, 3.05) is 0 Å². The van der Waals surface area contributed by atoms with E-state index in [-0.39, 0.29) is 5.56 Å². The number of rotatable bonds is 1. The molecule has 0 bridgehead atoms. The molecule has 50 valence electrons. The highest BCUT2D eigenvalue weighted by Gasteiger charge is 2.01. The zero-order valence-electron chi connectivity index (χ0n) is 4.85. The van der Waals surface area contributed by atoms with Gasteiger partial charge in [0.2, 0.25) is 0 Å². The molecule has 0 aliphatic carbocycles. The summed E-state index contributed by atoms with van der Waals surface area (Å²) < 4.78 is 0. The van der Waals surface area contributed by atoms with Gasteiger partial charge in [-0.05, 0) is 10.6 Å². The van der Waals surface area contributed by atoms with Crippen molar-refractivity contribution < 1.29 is 4.79 Å². The zero-order chi connectivity index (χ0) is 7.40. The third-order valence-corrected chi connectivity index (χ3v) is 0.881. The molecule has 0 saturated heterocycles. The first-order chi connectivity index (χ1) is 4.84. The van der Waals surface area contributed by atoms with Crippen LogP contribution in [-0.4, -0.2) is 16.1 Å². The van der Waals surface area contributed by atoms with E-state index < -0.39 is 5.91 Å². The highest BCUT2D eigenvalue weighted by Crippen LogP contribution is 1.95. The topological polar surface area (TPSA) is 94.5 Å². The van der Waals surface area contributed by atoms with E-state index in [2.05, 4.69) is 20.2 Å². The summed E-state index contributed by atoms with van der Waals surface area (Å²) in [6.07, 6.45) is 2.65. The lowest BCUT2D eigenvalue weighted by Crippen LogP contribution is -1.88. The van der Waals surface area contributed by atoms with Crippen LogP contribution in [0.4, 0.5) is 0 Å². The van der Waals surface area contributed by atoms with Gasteiger partial charge >= 0.3 is 0 Å². The molecule has 0 fully saturated rings. The van der Waals surface area contributed by atoms with Crippen molar-refractivity contribution in [3.8, 4) is 0 Å². The van der Waals surface area contributed by atoms with Gasteiger partial charge in [0.25, 0.3) is 5.91 Å². The molecule has 0 radical (unpaired) electrons. The number of azide groups is 1. The van der Waals surface area contributed by atoms with Crippen LogP contribution in [0.15, 0.2) is 17.5 Å². The van der Waals surface area contributed by atoms with E-state index in [1.165, 1.54) is 12.4 Å². The zero-order valence-corrected chi connectivity index (χ0v) is 4.85. The van der Waals surface area contributed by atoms with E-state index in [1.54, 1.807) is 0 Å². The Morgan fingerprint density at radius 1 is 1.90 bits per heavy atom. The molecule has 1 heterocycles. The van der Waals surface area contributed by atoms with Crippen LogP contribution in [0.1, 0.15) is 10.4 Å². The van der Waals surface area contributed by atoms with Gasteiger partial charge in [-0.1, -0.05) is 0 Å². The van der Waals surface area contributed by atoms with Crippen molar-refractivity contribution in [1.82, 2.24) is 10.2 Å². The van der Waals surface area contributed by atoms with Gasteiger partial charge in [-0.3, -0.25) is 9.89 Å². The molecule has 1 amide bonds. The van der Waals surface area contributed by atoms with Gasteiger partial charge in [0.05, 0.1) is 11.8 Å². The Balaban J connectivity index is 2.87. The fraction of sp³-hybridized carbons (Fsp3) is 0. The molecule has 6 heteroatoms. The van der Waals surface area contributed by atoms with Crippen LogP contribution in [-0.2, 0) is 0 Å². The van der Waals surface area contributed by atoms with Crippen LogP contribution in [0.2, 0.25) is 0 Å². The van der Waals surface area contributed by atoms with Crippen molar-refractivity contribution in [1.29, 1.82) is 0 Å². The minimum absolute atomic E-state index is 0.262. The summed E-state index contributed by atoms with van der Waals surface area (Å²) in [5, 5.41) is 8.76. The number of H-pyrrole nitrogens is 1. The summed E-state index contributed by atoms with van der Waals surface area (Å²) in [4.78, 5) is 13.0. The SMILES string of the molecule is [N-]=[N+]=NC(=O)c1cn[nH]c1. The normalized spacial score (nSPS) is 8.40. The van der Waals surface area contributed by atoms with Crippen LogP contribution in [0, 0.1) is 0 Å². The lowest BCUT2D eigenvalue weighted by atomic mass is 10.4. The van der Waals surface area contributed by atoms with Gasteiger partial charge in [-0.2, -0.15) is 5.10 Å². The molecule has 1 aromatic rings. The van der Waals surface area contributed by atoms with Crippen molar-refractivity contribution in [2.45, 2.75) is 0 Å². The summed E-state index contributed by atoms with van der Waals surface area (Å²) in [5.74, 6) is -0.628. The first-order valence-corrected chi connectivity index (χ1v) is 2.43. The van der Waals surface area contributed by atoms with E-state index in [0.29, 0.717) is 0 Å². The standard InChI is InChI=1S/C4H3N5O/c5-9-8-4(10)3-1-6-7-2-3/h1-2H,(H,6,7). The van der Waals surface area contributed by atoms with Crippen molar-refractivity contribution in [2.24, 2.45) is 5.11 Å². The quantitative estimate of drug-likeness (QED) is 0.353. The molecule has 10 heavy (non-hydrogen) atoms. The summed E-state index contributed by atoms with van der Waals surface area (Å²) in [6, 6.07) is 0. The number of nitrogens with zero attached hydrogens (tertiary/aromatic N) is 4. The first kappa shape index (κ1) is 6.31. The van der Waals surface area contributed by atoms with Crippen LogP contribution in [0.3, 0.4) is 0 Å². The number of aromatic amines is 1. The third-order valence-electron chi connectivity index (χ3n) is 0.881. The molecule has 0 aromatic carbocycles. The van der Waals surface area contributed by atoms with Crippen LogP contribution in [0.25, 0.3) is 10.4 Å². The summed E-state index contributed by atoms with van der Waals surface area (Å²) >= 11 is 0. The maximum absolute atomic E-state index is 10.6. The number of carbonyl (C=O) groups excluding carboxylic acids is 1. The van der Waals surface area contributed by atoms with Gasteiger partial charge in [0, 0.05) is 11.1 Å². The second-order valence-electron chi connectivity index (χ2n) is 1.48. The highest BCUT2D eigenvalue weighted by molar-refractivity contribution is 5.94. The summed E-state index contributed by atoms with van der Waals surface area (Å²) in [5.41, 5.74) is 8.10. The lowest BCUT2D eigenvalue weighted by molar-refractivity contribution is 0.100. The third kappa shape index (κ3) is 1.12. The molecule has 0 spiro atoms. The van der Waals surface area contributed by atoms with Gasteiger partial charge < -0.3 is 0 Å². The van der Waals surface area contributed by atoms with Crippen LogP contribution < -0.4 is 0 Å². The average molecular weight is 137 g/mol. The number of aromatic nitrogens is 2. The number of amides is 1. The smallest absolute Gasteiger partial charge is 0.252 e. The maximum atomic E-state index is 10.6. The molecular weight excluding hydrogens is 134 g/mol. The van der Waals surface area contributed by atoms with Gasteiger partial charge in [0.1, 0.15) is 0 Å². The van der Waals surface area contributed by atoms with E-state index >= 15 is 0 Å². The Bertz CT molecular complexity index is 270. The number of nitrogens with one attached hydrogen (secondary N) is 1. The monoisotopic (exact) mass is 137 g/mol. The van der Waals surface area contributed by atoms with Crippen molar-refractivity contribution >= 4 is 5.91 Å². The fourth-order valence-electron chi connectivity index (χ4n) is 0.466. The Kier molecular flexibility index (Phi) is 1.67. The van der Waals surface area contributed by atoms with Crippen LogP contribution >= 0.6 is 0 Å². The van der Waals surface area contributed by atoms with Gasteiger partial charge in [-0.15, -0.1) is 0 Å². The molecule has 0 atom stereocenters. The summed E-state index contributed by atoms with van der Waals surface area (Å²) in [7, 11) is 0.